The lowest BCUT2D eigenvalue weighted by Gasteiger charge is -2.23. The number of hydrogen-bond acceptors (Lipinski definition) is 3. The molecule has 0 bridgehead atoms. The second-order valence-electron chi connectivity index (χ2n) is 6.90. The zero-order valence-corrected chi connectivity index (χ0v) is 15.9. The number of nitrogens with zero attached hydrogens (tertiary/aromatic N) is 1. The number of aliphatic hydroxyl groups is 1. The number of carbonyl (C=O) groups excluding carboxylic acids is 2. The molecule has 0 saturated heterocycles. The minimum atomic E-state index is -1.89. The van der Waals surface area contributed by atoms with Gasteiger partial charge in [0.25, 0.3) is 5.91 Å². The van der Waals surface area contributed by atoms with Gasteiger partial charge in [-0.15, -0.1) is 0 Å². The second kappa shape index (κ2) is 6.86. The predicted molar refractivity (Wildman–Crippen MR) is 103 cm³/mol. The summed E-state index contributed by atoms with van der Waals surface area (Å²) >= 11 is 6.09. The minimum absolute atomic E-state index is 0.261. The molecular weight excluding hydrogens is 350 g/mol. The molecule has 2 aromatic carbocycles. The molecule has 5 heteroatoms. The zero-order chi connectivity index (χ0) is 19.1. The highest BCUT2D eigenvalue weighted by Gasteiger charge is 2.50. The van der Waals surface area contributed by atoms with E-state index in [2.05, 4.69) is 0 Å². The van der Waals surface area contributed by atoms with Crippen LogP contribution in [0.5, 0.6) is 0 Å². The normalized spacial score (nSPS) is 19.0. The maximum atomic E-state index is 13.0. The number of fused-ring (bicyclic) bond motifs is 1. The molecule has 2 aromatic rings. The molecule has 0 spiro atoms. The lowest BCUT2D eigenvalue weighted by Crippen LogP contribution is -2.42. The highest BCUT2D eigenvalue weighted by molar-refractivity contribution is 6.31. The lowest BCUT2D eigenvalue weighted by atomic mass is 9.87. The monoisotopic (exact) mass is 371 g/mol. The van der Waals surface area contributed by atoms with Crippen LogP contribution in [-0.2, 0) is 10.4 Å². The van der Waals surface area contributed by atoms with E-state index in [4.69, 9.17) is 11.6 Å². The molecule has 0 aliphatic carbocycles. The fourth-order valence-electron chi connectivity index (χ4n) is 3.59. The molecule has 4 nitrogen and oxygen atoms in total. The average Bonchev–Trinajstić information content (AvgIpc) is 2.77. The molecule has 1 amide bonds. The van der Waals surface area contributed by atoms with Gasteiger partial charge in [-0.2, -0.15) is 0 Å². The first-order valence-corrected chi connectivity index (χ1v) is 9.10. The van der Waals surface area contributed by atoms with E-state index in [1.165, 1.54) is 0 Å². The molecule has 136 valence electrons. The van der Waals surface area contributed by atoms with Crippen LogP contribution in [0.15, 0.2) is 36.4 Å². The van der Waals surface area contributed by atoms with E-state index in [0.717, 1.165) is 17.5 Å². The Kier molecular flexibility index (Phi) is 4.91. The number of hydrogen-bond donors (Lipinski definition) is 1. The van der Waals surface area contributed by atoms with Gasteiger partial charge in [-0.3, -0.25) is 9.59 Å². The highest BCUT2D eigenvalue weighted by atomic mass is 35.5. The van der Waals surface area contributed by atoms with Crippen LogP contribution in [0, 0.1) is 13.8 Å². The number of aryl methyl sites for hydroxylation is 2. The van der Waals surface area contributed by atoms with Crippen LogP contribution >= 0.6 is 11.6 Å². The van der Waals surface area contributed by atoms with Crippen LogP contribution in [0.2, 0.25) is 5.02 Å². The van der Waals surface area contributed by atoms with Gasteiger partial charge < -0.3 is 10.0 Å². The Morgan fingerprint density at radius 1 is 1.19 bits per heavy atom. The van der Waals surface area contributed by atoms with Crippen molar-refractivity contribution in [1.82, 2.24) is 0 Å². The Morgan fingerprint density at radius 2 is 1.92 bits per heavy atom. The summed E-state index contributed by atoms with van der Waals surface area (Å²) in [5.74, 6) is -0.725. The van der Waals surface area contributed by atoms with Gasteiger partial charge in [0.1, 0.15) is 0 Å². The lowest BCUT2D eigenvalue weighted by molar-refractivity contribution is -0.135. The summed E-state index contributed by atoms with van der Waals surface area (Å²) in [7, 11) is 0. The number of carbonyl (C=O) groups is 2. The van der Waals surface area contributed by atoms with Gasteiger partial charge in [-0.05, 0) is 44.0 Å². The number of rotatable bonds is 5. The quantitative estimate of drug-likeness (QED) is 0.802. The summed E-state index contributed by atoms with van der Waals surface area (Å²) in [5.41, 5.74) is 1.55. The number of benzene rings is 2. The molecule has 0 saturated carbocycles. The molecule has 0 radical (unpaired) electrons. The third-order valence-electron chi connectivity index (χ3n) is 4.84. The summed E-state index contributed by atoms with van der Waals surface area (Å²) in [6, 6.07) is 10.5. The molecule has 1 aliphatic rings. The van der Waals surface area contributed by atoms with E-state index in [0.29, 0.717) is 28.4 Å². The highest BCUT2D eigenvalue weighted by Crippen LogP contribution is 2.44. The molecule has 1 atom stereocenters. The summed E-state index contributed by atoms with van der Waals surface area (Å²) in [5, 5.41) is 11.7. The number of halogens is 1. The van der Waals surface area contributed by atoms with Crippen LogP contribution < -0.4 is 4.90 Å². The van der Waals surface area contributed by atoms with E-state index < -0.39 is 11.5 Å². The van der Waals surface area contributed by atoms with E-state index in [1.54, 1.807) is 29.2 Å². The molecule has 1 aliphatic heterocycles. The van der Waals surface area contributed by atoms with Crippen LogP contribution in [0.1, 0.15) is 46.8 Å². The van der Waals surface area contributed by atoms with Crippen molar-refractivity contribution in [2.24, 2.45) is 0 Å². The van der Waals surface area contributed by atoms with E-state index in [9.17, 15) is 14.7 Å². The molecular formula is C21H22ClNO3. The van der Waals surface area contributed by atoms with Gasteiger partial charge in [0, 0.05) is 22.7 Å². The zero-order valence-electron chi connectivity index (χ0n) is 15.2. The number of anilines is 1. The fraction of sp³-hybridized carbons (Fsp3) is 0.333. The van der Waals surface area contributed by atoms with E-state index in [1.807, 2.05) is 32.9 Å². The second-order valence-corrected chi connectivity index (χ2v) is 7.33. The smallest absolute Gasteiger partial charge is 0.264 e. The maximum absolute atomic E-state index is 13.0. The third-order valence-corrected chi connectivity index (χ3v) is 5.07. The van der Waals surface area contributed by atoms with Gasteiger partial charge in [-0.1, -0.05) is 42.3 Å². The first kappa shape index (κ1) is 18.6. The van der Waals surface area contributed by atoms with Gasteiger partial charge in [0.2, 0.25) is 0 Å². The Hall–Kier alpha value is -2.17. The van der Waals surface area contributed by atoms with Gasteiger partial charge in [-0.25, -0.2) is 0 Å². The van der Waals surface area contributed by atoms with Gasteiger partial charge in [0.15, 0.2) is 11.4 Å². The van der Waals surface area contributed by atoms with Crippen LogP contribution in [0.3, 0.4) is 0 Å². The first-order valence-electron chi connectivity index (χ1n) is 8.72. The SMILES string of the molecule is CCCN1C(=O)C(O)(CC(=O)c2ccc(C)cc2C)c2cc(Cl)ccc21. The number of ketones is 1. The first-order chi connectivity index (χ1) is 12.3. The number of Topliss-reactive ketones (excluding diaryl/α,β-unsaturated/α-hetero) is 1. The van der Waals surface area contributed by atoms with Crippen molar-refractivity contribution < 1.29 is 14.7 Å². The topological polar surface area (TPSA) is 57.6 Å². The van der Waals surface area contributed by atoms with Crippen molar-refractivity contribution in [3.05, 3.63) is 63.7 Å². The molecule has 1 unspecified atom stereocenters. The summed E-state index contributed by atoms with van der Waals surface area (Å²) in [6.45, 7) is 6.25. The van der Waals surface area contributed by atoms with Crippen molar-refractivity contribution >= 4 is 29.0 Å². The van der Waals surface area contributed by atoms with E-state index in [-0.39, 0.29) is 12.2 Å². The Bertz CT molecular complexity index is 893. The largest absolute Gasteiger partial charge is 0.375 e. The Balaban J connectivity index is 2.02. The molecule has 1 heterocycles. The van der Waals surface area contributed by atoms with Crippen LogP contribution in [-0.4, -0.2) is 23.3 Å². The summed E-state index contributed by atoms with van der Waals surface area (Å²) in [4.78, 5) is 27.4. The van der Waals surface area contributed by atoms with Gasteiger partial charge in [0.05, 0.1) is 12.1 Å². The Labute approximate surface area is 158 Å². The van der Waals surface area contributed by atoms with Gasteiger partial charge >= 0.3 is 0 Å². The summed E-state index contributed by atoms with van der Waals surface area (Å²) < 4.78 is 0. The molecule has 1 N–H and O–H groups in total. The standard InChI is InChI=1S/C21H22ClNO3/c1-4-9-23-18-8-6-15(22)11-17(18)21(26,20(23)25)12-19(24)16-7-5-13(2)10-14(16)3/h5-8,10-11,26H,4,9,12H2,1-3H3. The predicted octanol–water partition coefficient (Wildman–Crippen LogP) is 4.17. The third kappa shape index (κ3) is 3.04. The average molecular weight is 372 g/mol. The fourth-order valence-corrected chi connectivity index (χ4v) is 3.77. The van der Waals surface area contributed by atoms with Crippen LogP contribution in [0.25, 0.3) is 0 Å². The van der Waals surface area contributed by atoms with Crippen LogP contribution in [0.4, 0.5) is 5.69 Å². The molecule has 26 heavy (non-hydrogen) atoms. The maximum Gasteiger partial charge on any atom is 0.264 e. The molecule has 0 aromatic heterocycles. The Morgan fingerprint density at radius 3 is 2.58 bits per heavy atom. The number of amides is 1. The van der Waals surface area contributed by atoms with E-state index >= 15 is 0 Å². The van der Waals surface area contributed by atoms with Crippen molar-refractivity contribution in [3.63, 3.8) is 0 Å². The minimum Gasteiger partial charge on any atom is -0.375 e. The van der Waals surface area contributed by atoms with Crippen molar-refractivity contribution in [2.45, 2.75) is 39.2 Å². The molecule has 0 fully saturated rings. The van der Waals surface area contributed by atoms with Crippen molar-refractivity contribution in [2.75, 3.05) is 11.4 Å². The molecule has 3 rings (SSSR count). The van der Waals surface area contributed by atoms with Crippen molar-refractivity contribution in [3.8, 4) is 0 Å². The van der Waals surface area contributed by atoms with Crippen molar-refractivity contribution in [1.29, 1.82) is 0 Å². The summed E-state index contributed by atoms with van der Waals surface area (Å²) in [6.07, 6.45) is 0.443.